The molecular weight excluding hydrogens is 236 g/mol. The molecule has 0 aromatic carbocycles. The third-order valence-electron chi connectivity index (χ3n) is 4.27. The highest BCUT2D eigenvalue weighted by molar-refractivity contribution is 8.01. The minimum atomic E-state index is -0.406. The maximum Gasteiger partial charge on any atom is 0.334 e. The van der Waals surface area contributed by atoms with E-state index in [1.54, 1.807) is 11.8 Å². The number of ether oxygens (including phenoxy) is 1. The normalized spacial score (nSPS) is 27.6. The molecule has 0 bridgehead atoms. The molecule has 0 atom stereocenters. The Bertz CT molecular complexity index is 414. The molecule has 1 fully saturated rings. The van der Waals surface area contributed by atoms with Gasteiger partial charge in [-0.25, -0.2) is 4.79 Å². The zero-order valence-corrected chi connectivity index (χ0v) is 11.7. The van der Waals surface area contributed by atoms with Crippen LogP contribution in [0.5, 0.6) is 0 Å². The Labute approximate surface area is 106 Å². The molecule has 2 aliphatic rings. The van der Waals surface area contributed by atoms with Crippen LogP contribution in [0.15, 0.2) is 11.6 Å². The molecule has 1 heterocycles. The molecule has 0 N–H and O–H groups in total. The minimum Gasteiger partial charge on any atom is -0.466 e. The fourth-order valence-corrected chi connectivity index (χ4v) is 5.05. The molecular formula is C13H18O3S. The fourth-order valence-electron chi connectivity index (χ4n) is 3.33. The van der Waals surface area contributed by atoms with Gasteiger partial charge in [-0.2, -0.15) is 0 Å². The second kappa shape index (κ2) is 3.37. The van der Waals surface area contributed by atoms with Crippen LogP contribution in [0.25, 0.3) is 0 Å². The summed E-state index contributed by atoms with van der Waals surface area (Å²) in [5, 5.41) is 0. The summed E-state index contributed by atoms with van der Waals surface area (Å²) in [5.74, 6) is 0.618. The summed E-state index contributed by atoms with van der Waals surface area (Å²) in [4.78, 5) is 23.7. The van der Waals surface area contributed by atoms with E-state index in [1.165, 1.54) is 7.11 Å². The van der Waals surface area contributed by atoms with Gasteiger partial charge in [-0.3, -0.25) is 4.79 Å². The lowest BCUT2D eigenvalue weighted by molar-refractivity contribution is -0.155. The number of rotatable bonds is 1. The number of ketones is 1. The van der Waals surface area contributed by atoms with Gasteiger partial charge in [0.25, 0.3) is 0 Å². The lowest BCUT2D eigenvalue weighted by Crippen LogP contribution is -2.70. The standard InChI is InChI=1S/C13H18O3S/c1-11(2)10(15)12(3,4)13(11)6-8(7-17-13)9(14)16-5/h6H,7H2,1-5H3. The van der Waals surface area contributed by atoms with E-state index in [0.717, 1.165) is 0 Å². The first-order valence-electron chi connectivity index (χ1n) is 5.69. The molecule has 0 amide bonds. The molecule has 1 aliphatic heterocycles. The molecule has 0 radical (unpaired) electrons. The Kier molecular flexibility index (Phi) is 2.52. The van der Waals surface area contributed by atoms with Gasteiger partial charge in [0.05, 0.1) is 11.9 Å². The molecule has 17 heavy (non-hydrogen) atoms. The monoisotopic (exact) mass is 254 g/mol. The number of methoxy groups -OCH3 is 1. The zero-order valence-electron chi connectivity index (χ0n) is 10.9. The van der Waals surface area contributed by atoms with Crippen molar-refractivity contribution >= 4 is 23.5 Å². The summed E-state index contributed by atoms with van der Waals surface area (Å²) < 4.78 is 4.49. The summed E-state index contributed by atoms with van der Waals surface area (Å²) in [7, 11) is 1.39. The lowest BCUT2D eigenvalue weighted by atomic mass is 9.46. The van der Waals surface area contributed by atoms with E-state index in [4.69, 9.17) is 4.74 Å². The first-order valence-corrected chi connectivity index (χ1v) is 6.68. The number of Topliss-reactive ketones (excluding diaryl/α,β-unsaturated/α-hetero) is 1. The van der Waals surface area contributed by atoms with Gasteiger partial charge in [0.2, 0.25) is 0 Å². The Morgan fingerprint density at radius 3 is 2.29 bits per heavy atom. The highest BCUT2D eigenvalue weighted by atomic mass is 32.2. The highest BCUT2D eigenvalue weighted by Gasteiger charge is 2.72. The molecule has 94 valence electrons. The van der Waals surface area contributed by atoms with Crippen molar-refractivity contribution < 1.29 is 14.3 Å². The Morgan fingerprint density at radius 1 is 1.29 bits per heavy atom. The van der Waals surface area contributed by atoms with Gasteiger partial charge in [-0.05, 0) is 0 Å². The first kappa shape index (κ1) is 12.7. The van der Waals surface area contributed by atoms with Gasteiger partial charge in [0.1, 0.15) is 5.78 Å². The molecule has 3 nitrogen and oxygen atoms in total. The summed E-state index contributed by atoms with van der Waals surface area (Å²) >= 11 is 1.69. The molecule has 1 spiro atoms. The van der Waals surface area contributed by atoms with Crippen LogP contribution < -0.4 is 0 Å². The minimum absolute atomic E-state index is 0.263. The topological polar surface area (TPSA) is 43.4 Å². The predicted octanol–water partition coefficient (Wildman–Crippen LogP) is 2.21. The second-order valence-electron chi connectivity index (χ2n) is 5.76. The van der Waals surface area contributed by atoms with Crippen molar-refractivity contribution in [1.29, 1.82) is 0 Å². The van der Waals surface area contributed by atoms with E-state index in [1.807, 2.05) is 33.8 Å². The Balaban J connectivity index is 2.43. The zero-order chi connectivity index (χ0) is 13.1. The third kappa shape index (κ3) is 1.25. The van der Waals surface area contributed by atoms with E-state index in [9.17, 15) is 9.59 Å². The van der Waals surface area contributed by atoms with Crippen LogP contribution >= 0.6 is 11.8 Å². The van der Waals surface area contributed by atoms with Crippen molar-refractivity contribution in [3.8, 4) is 0 Å². The third-order valence-corrected chi connectivity index (χ3v) is 6.32. The van der Waals surface area contributed by atoms with E-state index >= 15 is 0 Å². The van der Waals surface area contributed by atoms with E-state index in [-0.39, 0.29) is 16.5 Å². The lowest BCUT2D eigenvalue weighted by Gasteiger charge is -2.62. The van der Waals surface area contributed by atoms with Crippen molar-refractivity contribution in [2.24, 2.45) is 10.8 Å². The van der Waals surface area contributed by atoms with Gasteiger partial charge in [-0.15, -0.1) is 11.8 Å². The first-order chi connectivity index (χ1) is 7.70. The van der Waals surface area contributed by atoms with Crippen LogP contribution in [0.2, 0.25) is 0 Å². The SMILES string of the molecule is COC(=O)C1=CC2(SC1)C(C)(C)C(=O)C2(C)C. The summed E-state index contributed by atoms with van der Waals surface area (Å²) in [6.45, 7) is 7.85. The summed E-state index contributed by atoms with van der Waals surface area (Å²) in [6, 6.07) is 0. The smallest absolute Gasteiger partial charge is 0.334 e. The maximum absolute atomic E-state index is 12.2. The molecule has 0 aromatic rings. The van der Waals surface area contributed by atoms with Crippen molar-refractivity contribution in [2.45, 2.75) is 32.4 Å². The Morgan fingerprint density at radius 2 is 1.82 bits per heavy atom. The molecule has 0 unspecified atom stereocenters. The molecule has 2 rings (SSSR count). The van der Waals surface area contributed by atoms with Crippen molar-refractivity contribution in [1.82, 2.24) is 0 Å². The number of carbonyl (C=O) groups is 2. The van der Waals surface area contributed by atoms with Crippen LogP contribution in [-0.2, 0) is 14.3 Å². The predicted molar refractivity (Wildman–Crippen MR) is 67.9 cm³/mol. The van der Waals surface area contributed by atoms with Gasteiger partial charge in [-0.1, -0.05) is 33.8 Å². The number of thioether (sulfide) groups is 1. The molecule has 1 saturated carbocycles. The largest absolute Gasteiger partial charge is 0.466 e. The molecule has 0 saturated heterocycles. The van der Waals surface area contributed by atoms with Crippen LogP contribution in [-0.4, -0.2) is 29.4 Å². The van der Waals surface area contributed by atoms with Gasteiger partial charge < -0.3 is 4.74 Å². The van der Waals surface area contributed by atoms with Crippen LogP contribution in [0.4, 0.5) is 0 Å². The average Bonchev–Trinajstić information content (AvgIpc) is 2.74. The van der Waals surface area contributed by atoms with E-state index in [2.05, 4.69) is 0 Å². The van der Waals surface area contributed by atoms with Crippen LogP contribution in [0.1, 0.15) is 27.7 Å². The number of hydrogen-bond acceptors (Lipinski definition) is 4. The van der Waals surface area contributed by atoms with Crippen LogP contribution in [0.3, 0.4) is 0 Å². The van der Waals surface area contributed by atoms with Crippen molar-refractivity contribution in [3.63, 3.8) is 0 Å². The summed E-state index contributed by atoms with van der Waals surface area (Å²) in [5.41, 5.74) is -0.125. The number of esters is 1. The second-order valence-corrected chi connectivity index (χ2v) is 6.99. The maximum atomic E-state index is 12.2. The highest BCUT2D eigenvalue weighted by Crippen LogP contribution is 2.68. The fraction of sp³-hybridized carbons (Fsp3) is 0.692. The van der Waals surface area contributed by atoms with Gasteiger partial charge in [0, 0.05) is 22.2 Å². The number of hydrogen-bond donors (Lipinski definition) is 0. The average molecular weight is 254 g/mol. The summed E-state index contributed by atoms with van der Waals surface area (Å²) in [6.07, 6.45) is 1.96. The number of carbonyl (C=O) groups excluding carboxylic acids is 2. The Hall–Kier alpha value is -0.770. The quantitative estimate of drug-likeness (QED) is 0.673. The molecule has 0 aromatic heterocycles. The van der Waals surface area contributed by atoms with E-state index in [0.29, 0.717) is 11.3 Å². The molecule has 1 aliphatic carbocycles. The van der Waals surface area contributed by atoms with Gasteiger partial charge >= 0.3 is 5.97 Å². The van der Waals surface area contributed by atoms with Crippen LogP contribution in [0, 0.1) is 10.8 Å². The molecule has 4 heteroatoms. The van der Waals surface area contributed by atoms with Gasteiger partial charge in [0.15, 0.2) is 0 Å². The van der Waals surface area contributed by atoms with Crippen molar-refractivity contribution in [3.05, 3.63) is 11.6 Å². The van der Waals surface area contributed by atoms with E-state index < -0.39 is 10.8 Å². The van der Waals surface area contributed by atoms with Crippen molar-refractivity contribution in [2.75, 3.05) is 12.9 Å².